The molecule has 1 aliphatic rings. The molecular weight excluding hydrogens is 390 g/mol. The molecule has 26 heavy (non-hydrogen) atoms. The van der Waals surface area contributed by atoms with Crippen molar-refractivity contribution < 1.29 is 0 Å². The van der Waals surface area contributed by atoms with Gasteiger partial charge >= 0.3 is 0 Å². The molecule has 1 unspecified atom stereocenters. The van der Waals surface area contributed by atoms with Gasteiger partial charge in [0.05, 0.1) is 17.9 Å². The molecule has 0 aliphatic carbocycles. The summed E-state index contributed by atoms with van der Waals surface area (Å²) in [6, 6.07) is 16.4. The Morgan fingerprint density at radius 2 is 1.81 bits per heavy atom. The number of fused-ring (bicyclic) bond motifs is 3. The molecule has 0 spiro atoms. The fraction of sp³-hybridized carbons (Fsp3) is 0.250. The number of rotatable bonds is 3. The van der Waals surface area contributed by atoms with Crippen molar-refractivity contribution >= 4 is 21.6 Å². The van der Waals surface area contributed by atoms with E-state index in [0.29, 0.717) is 6.54 Å². The molecule has 0 bridgehead atoms. The van der Waals surface area contributed by atoms with Crippen LogP contribution < -0.4 is 0 Å². The predicted molar refractivity (Wildman–Crippen MR) is 107 cm³/mol. The van der Waals surface area contributed by atoms with Crippen molar-refractivity contribution in [1.82, 2.24) is 19.7 Å². The van der Waals surface area contributed by atoms with Crippen LogP contribution in [0.15, 0.2) is 58.0 Å². The molecule has 0 amide bonds. The Labute approximate surface area is 161 Å². The monoisotopic (exact) mass is 409 g/mol. The molecule has 0 radical (unpaired) electrons. The number of aliphatic imine (C=N–C) groups is 1. The Morgan fingerprint density at radius 1 is 1.04 bits per heavy atom. The molecule has 1 aliphatic heterocycles. The third-order valence-electron chi connectivity index (χ3n) is 4.43. The van der Waals surface area contributed by atoms with Gasteiger partial charge in [-0.05, 0) is 33.2 Å². The maximum atomic E-state index is 5.03. The predicted octanol–water partition coefficient (Wildman–Crippen LogP) is 4.00. The van der Waals surface area contributed by atoms with E-state index >= 15 is 0 Å². The van der Waals surface area contributed by atoms with Crippen molar-refractivity contribution in [3.63, 3.8) is 0 Å². The zero-order valence-corrected chi connectivity index (χ0v) is 16.6. The normalized spacial score (nSPS) is 16.0. The molecule has 0 saturated carbocycles. The Morgan fingerprint density at radius 3 is 2.54 bits per heavy atom. The topological polar surface area (TPSA) is 46.3 Å². The molecule has 0 saturated heterocycles. The van der Waals surface area contributed by atoms with Gasteiger partial charge in [0.2, 0.25) is 0 Å². The fourth-order valence-electron chi connectivity index (χ4n) is 3.31. The van der Waals surface area contributed by atoms with Crippen LogP contribution in [0.3, 0.4) is 0 Å². The van der Waals surface area contributed by atoms with E-state index in [-0.39, 0.29) is 6.04 Å². The average Bonchev–Trinajstić information content (AvgIpc) is 2.97. The number of hydrogen-bond acceptors (Lipinski definition) is 4. The second-order valence-electron chi connectivity index (χ2n) is 6.70. The molecule has 4 rings (SSSR count). The lowest BCUT2D eigenvalue weighted by Gasteiger charge is -2.16. The second kappa shape index (κ2) is 6.78. The van der Waals surface area contributed by atoms with Crippen molar-refractivity contribution in [3.8, 4) is 5.69 Å². The molecule has 0 fully saturated rings. The molecule has 132 valence electrons. The highest BCUT2D eigenvalue weighted by Gasteiger charge is 2.28. The van der Waals surface area contributed by atoms with Gasteiger partial charge < -0.3 is 4.90 Å². The first-order valence-electron chi connectivity index (χ1n) is 8.57. The van der Waals surface area contributed by atoms with E-state index in [1.165, 1.54) is 0 Å². The van der Waals surface area contributed by atoms with E-state index in [1.54, 1.807) is 0 Å². The van der Waals surface area contributed by atoms with Gasteiger partial charge in [0.1, 0.15) is 6.04 Å². The highest BCUT2D eigenvalue weighted by Crippen LogP contribution is 2.34. The largest absolute Gasteiger partial charge is 0.302 e. The summed E-state index contributed by atoms with van der Waals surface area (Å²) < 4.78 is 3.17. The quantitative estimate of drug-likeness (QED) is 0.656. The standard InChI is InChI=1S/C20H20BrN5/c1-13-20-24-23-17(12-25(2)3)26(20)16-11-7-10-15(21)18(16)19(22-13)14-8-5-4-6-9-14/h4-11,13H,12H2,1-3H3. The van der Waals surface area contributed by atoms with Gasteiger partial charge in [-0.2, -0.15) is 0 Å². The molecule has 6 heteroatoms. The van der Waals surface area contributed by atoms with E-state index < -0.39 is 0 Å². The SMILES string of the molecule is CC1N=C(c2ccccc2)c2c(Br)cccc2-n2c(CN(C)C)nnc21. The van der Waals surface area contributed by atoms with Crippen LogP contribution in [0.5, 0.6) is 0 Å². The Hall–Kier alpha value is -2.31. The number of benzene rings is 2. The van der Waals surface area contributed by atoms with Crippen molar-refractivity contribution in [2.75, 3.05) is 14.1 Å². The molecular formula is C20H20BrN5. The van der Waals surface area contributed by atoms with Crippen molar-refractivity contribution in [3.05, 3.63) is 75.8 Å². The lowest BCUT2D eigenvalue weighted by Crippen LogP contribution is -2.17. The van der Waals surface area contributed by atoms with Crippen LogP contribution in [-0.2, 0) is 6.54 Å². The summed E-state index contributed by atoms with van der Waals surface area (Å²) in [5.41, 5.74) is 4.20. The van der Waals surface area contributed by atoms with Crippen molar-refractivity contribution in [2.45, 2.75) is 19.5 Å². The third kappa shape index (κ3) is 2.89. The lowest BCUT2D eigenvalue weighted by molar-refractivity contribution is 0.386. The molecule has 5 nitrogen and oxygen atoms in total. The van der Waals surface area contributed by atoms with Gasteiger partial charge in [0, 0.05) is 15.6 Å². The zero-order valence-electron chi connectivity index (χ0n) is 15.0. The van der Waals surface area contributed by atoms with Crippen molar-refractivity contribution in [1.29, 1.82) is 0 Å². The summed E-state index contributed by atoms with van der Waals surface area (Å²) in [5.74, 6) is 1.79. The molecule has 3 aromatic rings. The average molecular weight is 410 g/mol. The van der Waals surface area contributed by atoms with E-state index in [4.69, 9.17) is 4.99 Å². The van der Waals surface area contributed by atoms with Gasteiger partial charge in [0.25, 0.3) is 0 Å². The summed E-state index contributed by atoms with van der Waals surface area (Å²) in [7, 11) is 4.07. The molecule has 1 aromatic heterocycles. The molecule has 2 heterocycles. The van der Waals surface area contributed by atoms with E-state index in [0.717, 1.165) is 38.6 Å². The summed E-state index contributed by atoms with van der Waals surface area (Å²) in [6.45, 7) is 2.79. The first-order chi connectivity index (χ1) is 12.6. The maximum absolute atomic E-state index is 5.03. The van der Waals surface area contributed by atoms with E-state index in [2.05, 4.69) is 66.8 Å². The highest BCUT2D eigenvalue weighted by molar-refractivity contribution is 9.10. The second-order valence-corrected chi connectivity index (χ2v) is 7.56. The van der Waals surface area contributed by atoms with Gasteiger partial charge in [-0.25, -0.2) is 0 Å². The Kier molecular flexibility index (Phi) is 4.46. The minimum atomic E-state index is -0.0899. The summed E-state index contributed by atoms with van der Waals surface area (Å²) in [6.07, 6.45) is 0. The van der Waals surface area contributed by atoms with Gasteiger partial charge in [-0.1, -0.05) is 52.3 Å². The third-order valence-corrected chi connectivity index (χ3v) is 5.09. The van der Waals surface area contributed by atoms with Crippen LogP contribution in [0.2, 0.25) is 0 Å². The number of aromatic nitrogens is 3. The van der Waals surface area contributed by atoms with E-state index in [9.17, 15) is 0 Å². The van der Waals surface area contributed by atoms with Crippen LogP contribution in [0, 0.1) is 0 Å². The first-order valence-corrected chi connectivity index (χ1v) is 9.37. The zero-order chi connectivity index (χ0) is 18.3. The van der Waals surface area contributed by atoms with Crippen LogP contribution >= 0.6 is 15.9 Å². The van der Waals surface area contributed by atoms with E-state index in [1.807, 2.05) is 38.4 Å². The summed E-state index contributed by atoms with van der Waals surface area (Å²) >= 11 is 3.74. The van der Waals surface area contributed by atoms with Gasteiger partial charge in [-0.15, -0.1) is 10.2 Å². The molecule has 2 aromatic carbocycles. The molecule has 0 N–H and O–H groups in total. The Bertz CT molecular complexity index is 975. The number of hydrogen-bond donors (Lipinski definition) is 0. The van der Waals surface area contributed by atoms with Gasteiger partial charge in [0.15, 0.2) is 11.6 Å². The highest BCUT2D eigenvalue weighted by atomic mass is 79.9. The minimum absolute atomic E-state index is 0.0899. The van der Waals surface area contributed by atoms with Crippen LogP contribution in [0.4, 0.5) is 0 Å². The fourth-order valence-corrected chi connectivity index (χ4v) is 3.86. The lowest BCUT2D eigenvalue weighted by atomic mass is 10.0. The number of halogens is 1. The minimum Gasteiger partial charge on any atom is -0.302 e. The van der Waals surface area contributed by atoms with Crippen LogP contribution in [0.1, 0.15) is 35.7 Å². The first kappa shape index (κ1) is 17.1. The summed E-state index contributed by atoms with van der Waals surface area (Å²) in [4.78, 5) is 7.13. The van der Waals surface area contributed by atoms with Gasteiger partial charge in [-0.3, -0.25) is 9.56 Å². The number of nitrogens with zero attached hydrogens (tertiary/aromatic N) is 5. The smallest absolute Gasteiger partial charge is 0.162 e. The Balaban J connectivity index is 2.01. The maximum Gasteiger partial charge on any atom is 0.162 e. The van der Waals surface area contributed by atoms with Crippen LogP contribution in [-0.4, -0.2) is 39.5 Å². The van der Waals surface area contributed by atoms with Crippen LogP contribution in [0.25, 0.3) is 5.69 Å². The molecule has 1 atom stereocenters. The van der Waals surface area contributed by atoms with Crippen molar-refractivity contribution in [2.24, 2.45) is 4.99 Å². The summed E-state index contributed by atoms with van der Waals surface area (Å²) in [5, 5.41) is 8.91.